The first-order valence-corrected chi connectivity index (χ1v) is 11.8. The van der Waals surface area contributed by atoms with Crippen LogP contribution in [0.3, 0.4) is 0 Å². The number of hydrogen-bond acceptors (Lipinski definition) is 6. The number of hydrogen-bond donors (Lipinski definition) is 1. The molecule has 0 radical (unpaired) electrons. The van der Waals surface area contributed by atoms with Crippen LogP contribution >= 0.6 is 22.9 Å². The van der Waals surface area contributed by atoms with E-state index in [1.54, 1.807) is 60.5 Å². The average molecular weight is 486 g/mol. The van der Waals surface area contributed by atoms with E-state index >= 15 is 0 Å². The van der Waals surface area contributed by atoms with E-state index in [9.17, 15) is 9.59 Å². The first-order valence-electron chi connectivity index (χ1n) is 10.6. The number of nitrogens with zero attached hydrogens (tertiary/aromatic N) is 2. The van der Waals surface area contributed by atoms with Crippen molar-refractivity contribution in [2.45, 2.75) is 31.9 Å². The Morgan fingerprint density at radius 2 is 1.88 bits per heavy atom. The molecule has 1 N–H and O–H groups in total. The number of amides is 2. The Kier molecular flexibility index (Phi) is 7.47. The second kappa shape index (κ2) is 10.7. The van der Waals surface area contributed by atoms with E-state index in [4.69, 9.17) is 21.1 Å². The van der Waals surface area contributed by atoms with E-state index in [0.717, 1.165) is 11.4 Å². The molecule has 4 rings (SSSR count). The van der Waals surface area contributed by atoms with Gasteiger partial charge in [0.25, 0.3) is 0 Å². The zero-order valence-corrected chi connectivity index (χ0v) is 19.7. The van der Waals surface area contributed by atoms with Crippen molar-refractivity contribution in [1.29, 1.82) is 0 Å². The molecule has 0 spiro atoms. The zero-order chi connectivity index (χ0) is 23.2. The van der Waals surface area contributed by atoms with Crippen LogP contribution in [0.1, 0.15) is 23.5 Å². The van der Waals surface area contributed by atoms with Gasteiger partial charge in [0.15, 0.2) is 0 Å². The van der Waals surface area contributed by atoms with Crippen molar-refractivity contribution in [1.82, 2.24) is 9.88 Å². The molecule has 1 aromatic heterocycles. The molecule has 172 valence electrons. The van der Waals surface area contributed by atoms with Crippen LogP contribution in [0.15, 0.2) is 53.9 Å². The van der Waals surface area contributed by atoms with Crippen molar-refractivity contribution in [3.63, 3.8) is 0 Å². The minimum atomic E-state index is -0.481. The minimum Gasteiger partial charge on any atom is -0.497 e. The van der Waals surface area contributed by atoms with Gasteiger partial charge < -0.3 is 19.7 Å². The number of benzene rings is 2. The van der Waals surface area contributed by atoms with Gasteiger partial charge >= 0.3 is 0 Å². The van der Waals surface area contributed by atoms with Gasteiger partial charge in [0, 0.05) is 22.6 Å². The highest BCUT2D eigenvalue weighted by Crippen LogP contribution is 2.23. The number of halogens is 1. The first kappa shape index (κ1) is 23.1. The first-order chi connectivity index (χ1) is 16.0. The Morgan fingerprint density at radius 1 is 1.15 bits per heavy atom. The lowest BCUT2D eigenvalue weighted by atomic mass is 10.2. The van der Waals surface area contributed by atoms with E-state index < -0.39 is 6.04 Å². The molecular weight excluding hydrogens is 462 g/mol. The van der Waals surface area contributed by atoms with Gasteiger partial charge in [-0.15, -0.1) is 11.3 Å². The van der Waals surface area contributed by atoms with E-state index in [0.29, 0.717) is 47.5 Å². The molecule has 1 fully saturated rings. The Hall–Kier alpha value is -3.10. The highest BCUT2D eigenvalue weighted by atomic mass is 35.5. The highest BCUT2D eigenvalue weighted by Gasteiger charge is 2.34. The number of carbonyl (C=O) groups excluding carboxylic acids is 2. The lowest BCUT2D eigenvalue weighted by molar-refractivity contribution is -0.136. The van der Waals surface area contributed by atoms with Crippen LogP contribution in [0.25, 0.3) is 0 Å². The molecule has 1 aliphatic rings. The molecular formula is C24H24ClN3O4S. The third-order valence-electron chi connectivity index (χ3n) is 5.34. The fraction of sp³-hybridized carbons (Fsp3) is 0.292. The molecule has 33 heavy (non-hydrogen) atoms. The number of anilines is 1. The van der Waals surface area contributed by atoms with E-state index in [1.807, 2.05) is 5.38 Å². The molecule has 7 nitrogen and oxygen atoms in total. The summed E-state index contributed by atoms with van der Waals surface area (Å²) in [5, 5.41) is 6.19. The largest absolute Gasteiger partial charge is 0.497 e. The molecule has 1 aliphatic heterocycles. The molecule has 0 saturated carbocycles. The van der Waals surface area contributed by atoms with Crippen LogP contribution in [-0.4, -0.2) is 41.4 Å². The summed E-state index contributed by atoms with van der Waals surface area (Å²) in [4.78, 5) is 31.9. The number of rotatable bonds is 8. The summed E-state index contributed by atoms with van der Waals surface area (Å²) in [6, 6.07) is 13.8. The Labute approximate surface area is 201 Å². The van der Waals surface area contributed by atoms with E-state index in [2.05, 4.69) is 10.3 Å². The second-order valence-corrected chi connectivity index (χ2v) is 8.99. The number of likely N-dealkylation sites (tertiary alicyclic amines) is 1. The molecule has 2 heterocycles. The fourth-order valence-electron chi connectivity index (χ4n) is 3.67. The van der Waals surface area contributed by atoms with Gasteiger partial charge in [-0.05, 0) is 61.4 Å². The molecule has 2 amide bonds. The summed E-state index contributed by atoms with van der Waals surface area (Å²) in [5.41, 5.74) is 1.35. The average Bonchev–Trinajstić information content (AvgIpc) is 3.49. The second-order valence-electron chi connectivity index (χ2n) is 7.61. The molecule has 1 unspecified atom stereocenters. The number of ether oxygens (including phenoxy) is 2. The van der Waals surface area contributed by atoms with Crippen molar-refractivity contribution in [2.24, 2.45) is 0 Å². The van der Waals surface area contributed by atoms with Gasteiger partial charge in [-0.3, -0.25) is 9.59 Å². The van der Waals surface area contributed by atoms with Gasteiger partial charge in [0.05, 0.1) is 19.2 Å². The highest BCUT2D eigenvalue weighted by molar-refractivity contribution is 7.09. The Bertz CT molecular complexity index is 1100. The lowest BCUT2D eigenvalue weighted by Crippen LogP contribution is -2.43. The van der Waals surface area contributed by atoms with Crippen molar-refractivity contribution in [3.05, 3.63) is 69.6 Å². The Morgan fingerprint density at radius 3 is 2.61 bits per heavy atom. The molecule has 0 aliphatic carbocycles. The quantitative estimate of drug-likeness (QED) is 0.506. The van der Waals surface area contributed by atoms with Gasteiger partial charge in [-0.2, -0.15) is 0 Å². The van der Waals surface area contributed by atoms with Crippen LogP contribution in [0.4, 0.5) is 5.69 Å². The summed E-state index contributed by atoms with van der Waals surface area (Å²) < 4.78 is 10.9. The number of methoxy groups -OCH3 is 1. The number of thiazole rings is 1. The number of carbonyl (C=O) groups is 2. The van der Waals surface area contributed by atoms with Gasteiger partial charge in [-0.1, -0.05) is 11.6 Å². The zero-order valence-electron chi connectivity index (χ0n) is 18.1. The topological polar surface area (TPSA) is 80.8 Å². The van der Waals surface area contributed by atoms with Crippen LogP contribution in [-0.2, 0) is 22.6 Å². The molecule has 2 aromatic carbocycles. The van der Waals surface area contributed by atoms with Crippen molar-refractivity contribution < 1.29 is 19.1 Å². The Balaban J connectivity index is 1.31. The maximum absolute atomic E-state index is 12.9. The van der Waals surface area contributed by atoms with E-state index in [1.165, 1.54) is 11.3 Å². The van der Waals surface area contributed by atoms with Gasteiger partial charge in [0.1, 0.15) is 29.2 Å². The number of aromatic nitrogens is 1. The summed E-state index contributed by atoms with van der Waals surface area (Å²) in [6.45, 7) is 0.882. The fourth-order valence-corrected chi connectivity index (χ4v) is 4.50. The molecule has 1 saturated heterocycles. The summed E-state index contributed by atoms with van der Waals surface area (Å²) >= 11 is 7.33. The molecule has 0 bridgehead atoms. The molecule has 9 heteroatoms. The van der Waals surface area contributed by atoms with Gasteiger partial charge in [-0.25, -0.2) is 4.98 Å². The maximum Gasteiger partial charge on any atom is 0.247 e. The summed E-state index contributed by atoms with van der Waals surface area (Å²) in [7, 11) is 1.59. The standard InChI is InChI=1S/C24H24ClN3O4S/c1-31-19-10-6-17(7-11-19)27-24(30)21-3-2-12-28(21)23(29)13-18-15-33-22(26-18)14-32-20-8-4-16(25)5-9-20/h4-11,15,21H,2-3,12-14H2,1H3,(H,27,30). The van der Waals surface area contributed by atoms with Crippen molar-refractivity contribution >= 4 is 40.4 Å². The van der Waals surface area contributed by atoms with Crippen LogP contribution in [0.2, 0.25) is 5.02 Å². The minimum absolute atomic E-state index is 0.0992. The van der Waals surface area contributed by atoms with Crippen LogP contribution < -0.4 is 14.8 Å². The third kappa shape index (κ3) is 6.03. The summed E-state index contributed by atoms with van der Waals surface area (Å²) in [6.07, 6.45) is 1.60. The molecule has 1 atom stereocenters. The molecule has 3 aromatic rings. The third-order valence-corrected chi connectivity index (χ3v) is 6.46. The van der Waals surface area contributed by atoms with Crippen LogP contribution in [0, 0.1) is 0 Å². The van der Waals surface area contributed by atoms with Crippen molar-refractivity contribution in [2.75, 3.05) is 19.0 Å². The number of nitrogens with one attached hydrogen (secondary N) is 1. The predicted octanol–water partition coefficient (Wildman–Crippen LogP) is 4.56. The van der Waals surface area contributed by atoms with Gasteiger partial charge in [0.2, 0.25) is 11.8 Å². The predicted molar refractivity (Wildman–Crippen MR) is 128 cm³/mol. The summed E-state index contributed by atoms with van der Waals surface area (Å²) in [5.74, 6) is 1.14. The smallest absolute Gasteiger partial charge is 0.247 e. The van der Waals surface area contributed by atoms with Crippen molar-refractivity contribution in [3.8, 4) is 11.5 Å². The SMILES string of the molecule is COc1ccc(NC(=O)C2CCCN2C(=O)Cc2csc(COc3ccc(Cl)cc3)n2)cc1. The normalized spacial score (nSPS) is 15.3. The van der Waals surface area contributed by atoms with Crippen LogP contribution in [0.5, 0.6) is 11.5 Å². The monoisotopic (exact) mass is 485 g/mol. The maximum atomic E-state index is 12.9. The lowest BCUT2D eigenvalue weighted by Gasteiger charge is -2.23. The van der Waals surface area contributed by atoms with E-state index in [-0.39, 0.29) is 18.2 Å².